The predicted octanol–water partition coefficient (Wildman–Crippen LogP) is 1.97. The molecule has 0 aromatic heterocycles. The van der Waals surface area contributed by atoms with E-state index in [1.54, 1.807) is 10.4 Å². The summed E-state index contributed by atoms with van der Waals surface area (Å²) in [5.41, 5.74) is 3.02. The summed E-state index contributed by atoms with van der Waals surface area (Å²) in [6.45, 7) is 3.27. The van der Waals surface area contributed by atoms with E-state index >= 15 is 0 Å². The first-order valence-corrected chi connectivity index (χ1v) is 12.4. The van der Waals surface area contributed by atoms with Crippen LogP contribution in [0.1, 0.15) is 43.6 Å². The van der Waals surface area contributed by atoms with Crippen LogP contribution in [0.25, 0.3) is 0 Å². The minimum atomic E-state index is -0.985. The number of nitrogens with zero attached hydrogens (tertiary/aromatic N) is 2. The minimum Gasteiger partial charge on any atom is -0.453 e. The number of methoxy groups -OCH3 is 1. The number of hydrogen-bond donors (Lipinski definition) is 3. The van der Waals surface area contributed by atoms with Crippen LogP contribution in [0.15, 0.2) is 30.3 Å². The van der Waals surface area contributed by atoms with Crippen molar-refractivity contribution in [2.45, 2.75) is 44.1 Å². The summed E-state index contributed by atoms with van der Waals surface area (Å²) >= 11 is 0. The van der Waals surface area contributed by atoms with Gasteiger partial charge in [0, 0.05) is 19.6 Å². The van der Waals surface area contributed by atoms with Crippen molar-refractivity contribution in [3.8, 4) is 0 Å². The Morgan fingerprint density at radius 1 is 1.09 bits per heavy atom. The van der Waals surface area contributed by atoms with Crippen LogP contribution in [0.3, 0.4) is 0 Å². The number of ether oxygens (including phenoxy) is 1. The highest BCUT2D eigenvalue weighted by atomic mass is 16.5. The highest BCUT2D eigenvalue weighted by Crippen LogP contribution is 2.37. The lowest BCUT2D eigenvalue weighted by atomic mass is 9.74. The molecule has 4 atom stereocenters. The third-order valence-electron chi connectivity index (χ3n) is 7.89. The third kappa shape index (κ3) is 5.20. The number of rotatable bonds is 4. The molecule has 1 aromatic carbocycles. The van der Waals surface area contributed by atoms with Crippen molar-refractivity contribution < 1.29 is 24.3 Å². The lowest BCUT2D eigenvalue weighted by molar-refractivity contribution is -0.151. The average molecular weight is 473 g/mol. The van der Waals surface area contributed by atoms with Gasteiger partial charge in [-0.05, 0) is 68.5 Å². The predicted molar refractivity (Wildman–Crippen MR) is 125 cm³/mol. The number of hydroxylamine groups is 1. The van der Waals surface area contributed by atoms with Crippen molar-refractivity contribution in [2.75, 3.05) is 39.8 Å². The normalized spacial score (nSPS) is 28.3. The molecule has 9 heteroatoms. The Bertz CT molecular complexity index is 826. The van der Waals surface area contributed by atoms with E-state index in [4.69, 9.17) is 4.74 Å². The first kappa shape index (κ1) is 24.5. The number of nitrogens with one attached hydrogen (secondary N) is 2. The highest BCUT2D eigenvalue weighted by molar-refractivity contribution is 5.92. The molecule has 4 rings (SSSR count). The molecular formula is C25H36N4O5. The van der Waals surface area contributed by atoms with Gasteiger partial charge in [-0.15, -0.1) is 0 Å². The number of amides is 3. The van der Waals surface area contributed by atoms with Crippen LogP contribution in [0.5, 0.6) is 0 Å². The summed E-state index contributed by atoms with van der Waals surface area (Å²) in [6, 6.07) is 9.30. The molecule has 3 heterocycles. The maximum atomic E-state index is 13.7. The van der Waals surface area contributed by atoms with Crippen LogP contribution in [0, 0.1) is 17.8 Å². The Hall–Kier alpha value is -2.65. The van der Waals surface area contributed by atoms with Crippen LogP contribution >= 0.6 is 0 Å². The lowest BCUT2D eigenvalue weighted by Crippen LogP contribution is -2.63. The minimum absolute atomic E-state index is 0.0436. The molecule has 3 aliphatic heterocycles. The van der Waals surface area contributed by atoms with Crippen LogP contribution in [-0.2, 0) is 14.3 Å². The largest absolute Gasteiger partial charge is 0.453 e. The highest BCUT2D eigenvalue weighted by Gasteiger charge is 2.49. The molecule has 34 heavy (non-hydrogen) atoms. The SMILES string of the molecule is COC(=O)N1C[C@H](C2CCCNC2)C[C@H](C(=O)NO)[C@H]1C(=O)N1CCC(c2ccccc2)CC1. The summed E-state index contributed by atoms with van der Waals surface area (Å²) in [6.07, 6.45) is 3.54. The lowest BCUT2D eigenvalue weighted by Gasteiger charge is -2.46. The average Bonchev–Trinajstić information content (AvgIpc) is 2.92. The van der Waals surface area contributed by atoms with Crippen LogP contribution in [0.2, 0.25) is 0 Å². The van der Waals surface area contributed by atoms with Crippen molar-refractivity contribution in [3.05, 3.63) is 35.9 Å². The quantitative estimate of drug-likeness (QED) is 0.456. The molecule has 0 saturated carbocycles. The van der Waals surface area contributed by atoms with Gasteiger partial charge in [-0.3, -0.25) is 19.7 Å². The number of carbonyl (C=O) groups excluding carboxylic acids is 3. The summed E-state index contributed by atoms with van der Waals surface area (Å²) in [7, 11) is 1.29. The molecule has 3 saturated heterocycles. The molecule has 3 aliphatic rings. The van der Waals surface area contributed by atoms with Gasteiger partial charge in [0.2, 0.25) is 11.8 Å². The van der Waals surface area contributed by atoms with E-state index in [1.807, 2.05) is 18.2 Å². The topological polar surface area (TPSA) is 111 Å². The Labute approximate surface area is 200 Å². The van der Waals surface area contributed by atoms with Gasteiger partial charge in [0.1, 0.15) is 6.04 Å². The maximum Gasteiger partial charge on any atom is 0.410 e. The van der Waals surface area contributed by atoms with Gasteiger partial charge >= 0.3 is 6.09 Å². The molecule has 3 N–H and O–H groups in total. The van der Waals surface area contributed by atoms with Gasteiger partial charge in [-0.2, -0.15) is 0 Å². The fourth-order valence-corrected chi connectivity index (χ4v) is 6.03. The summed E-state index contributed by atoms with van der Waals surface area (Å²) < 4.78 is 5.04. The number of piperidine rings is 3. The third-order valence-corrected chi connectivity index (χ3v) is 7.89. The van der Waals surface area contributed by atoms with Crippen molar-refractivity contribution in [1.82, 2.24) is 20.6 Å². The fourth-order valence-electron chi connectivity index (χ4n) is 6.03. The van der Waals surface area contributed by atoms with E-state index in [9.17, 15) is 19.6 Å². The molecule has 0 radical (unpaired) electrons. The molecule has 0 bridgehead atoms. The van der Waals surface area contributed by atoms with Crippen LogP contribution < -0.4 is 10.8 Å². The molecule has 3 amide bonds. The number of likely N-dealkylation sites (tertiary alicyclic amines) is 2. The Morgan fingerprint density at radius 3 is 2.44 bits per heavy atom. The molecule has 0 spiro atoms. The first-order valence-electron chi connectivity index (χ1n) is 12.4. The second kappa shape index (κ2) is 11.2. The molecule has 1 unspecified atom stereocenters. The zero-order valence-electron chi connectivity index (χ0n) is 19.8. The zero-order chi connectivity index (χ0) is 24.1. The van der Waals surface area contributed by atoms with E-state index in [2.05, 4.69) is 17.4 Å². The monoisotopic (exact) mass is 472 g/mol. The number of carbonyl (C=O) groups is 3. The van der Waals surface area contributed by atoms with Crippen LogP contribution in [-0.4, -0.2) is 78.8 Å². The van der Waals surface area contributed by atoms with Crippen molar-refractivity contribution in [2.24, 2.45) is 17.8 Å². The molecule has 1 aromatic rings. The molecule has 186 valence electrons. The van der Waals surface area contributed by atoms with Gasteiger partial charge in [0.15, 0.2) is 0 Å². The standard InChI is InChI=1S/C25H36N4O5/c1-34-25(32)29-16-20(19-8-5-11-26-15-19)14-21(23(30)27-33)22(29)24(31)28-12-9-18(10-13-28)17-6-3-2-4-7-17/h2-4,6-7,18-22,26,33H,5,8-16H2,1H3,(H,27,30)/t19?,20-,21+,22+/m1/s1. The molecule has 9 nitrogen and oxygen atoms in total. The van der Waals surface area contributed by atoms with Crippen LogP contribution in [0.4, 0.5) is 4.79 Å². The smallest absolute Gasteiger partial charge is 0.410 e. The van der Waals surface area contributed by atoms with Gasteiger partial charge in [0.05, 0.1) is 13.0 Å². The molecule has 0 aliphatic carbocycles. The van der Waals surface area contributed by atoms with E-state index in [0.29, 0.717) is 37.9 Å². The Kier molecular flexibility index (Phi) is 8.05. The Morgan fingerprint density at radius 2 is 1.82 bits per heavy atom. The second-order valence-electron chi connectivity index (χ2n) is 9.76. The van der Waals surface area contributed by atoms with E-state index < -0.39 is 24.0 Å². The van der Waals surface area contributed by atoms with E-state index in [1.165, 1.54) is 17.6 Å². The number of benzene rings is 1. The van der Waals surface area contributed by atoms with E-state index in [0.717, 1.165) is 38.8 Å². The second-order valence-corrected chi connectivity index (χ2v) is 9.76. The van der Waals surface area contributed by atoms with Gasteiger partial charge in [0.25, 0.3) is 0 Å². The number of hydrogen-bond acceptors (Lipinski definition) is 6. The van der Waals surface area contributed by atoms with Crippen molar-refractivity contribution in [3.63, 3.8) is 0 Å². The summed E-state index contributed by atoms with van der Waals surface area (Å²) in [4.78, 5) is 42.5. The van der Waals surface area contributed by atoms with E-state index in [-0.39, 0.29) is 11.8 Å². The van der Waals surface area contributed by atoms with Gasteiger partial charge in [-0.1, -0.05) is 30.3 Å². The zero-order valence-corrected chi connectivity index (χ0v) is 19.8. The molecule has 3 fully saturated rings. The van der Waals surface area contributed by atoms with Gasteiger partial charge in [-0.25, -0.2) is 10.3 Å². The summed E-state index contributed by atoms with van der Waals surface area (Å²) in [5, 5.41) is 12.9. The van der Waals surface area contributed by atoms with Gasteiger partial charge < -0.3 is 15.0 Å². The Balaban J connectivity index is 1.52. The fraction of sp³-hybridized carbons (Fsp3) is 0.640. The summed E-state index contributed by atoms with van der Waals surface area (Å²) in [5.74, 6) is -0.975. The first-order chi connectivity index (χ1) is 16.5. The molecular weight excluding hydrogens is 436 g/mol. The van der Waals surface area contributed by atoms with Crippen molar-refractivity contribution >= 4 is 17.9 Å². The maximum absolute atomic E-state index is 13.7. The van der Waals surface area contributed by atoms with Crippen molar-refractivity contribution in [1.29, 1.82) is 0 Å².